The largest absolute Gasteiger partial charge is 0.327 e. The molecule has 7 heteroatoms. The highest BCUT2D eigenvalue weighted by Crippen LogP contribution is 2.52. The van der Waals surface area contributed by atoms with Gasteiger partial charge < -0.3 is 4.52 Å². The van der Waals surface area contributed by atoms with E-state index in [0.29, 0.717) is 0 Å². The monoisotopic (exact) mass is 244 g/mol. The number of hydrogen-bond donors (Lipinski definition) is 0. The minimum Gasteiger partial charge on any atom is -0.327 e. The van der Waals surface area contributed by atoms with Crippen LogP contribution in [0.15, 0.2) is 0 Å². The van der Waals surface area contributed by atoms with Gasteiger partial charge in [0.05, 0.1) is 12.9 Å². The zero-order valence-corrected chi connectivity index (χ0v) is 10.6. The van der Waals surface area contributed by atoms with Gasteiger partial charge in [-0.1, -0.05) is 6.92 Å². The summed E-state index contributed by atoms with van der Waals surface area (Å²) >= 11 is 0. The Hall–Kier alpha value is 0.100. The van der Waals surface area contributed by atoms with Crippen molar-refractivity contribution >= 4 is 17.5 Å². The molecule has 0 spiro atoms. The molecule has 0 heterocycles. The fourth-order valence-electron chi connectivity index (χ4n) is 0.990. The maximum absolute atomic E-state index is 11.9. The quantitative estimate of drug-likeness (QED) is 0.524. The molecule has 0 rings (SSSR count). The molecule has 0 aromatic carbocycles. The van der Waals surface area contributed by atoms with E-state index in [-0.39, 0.29) is 12.8 Å². The van der Waals surface area contributed by atoms with Crippen molar-refractivity contribution in [3.63, 3.8) is 0 Å². The highest BCUT2D eigenvalue weighted by molar-refractivity contribution is 7.86. The molecule has 0 fully saturated rings. The zero-order valence-electron chi connectivity index (χ0n) is 8.89. The molecular weight excluding hydrogens is 227 g/mol. The van der Waals surface area contributed by atoms with Crippen LogP contribution in [0.5, 0.6) is 0 Å². The minimum absolute atomic E-state index is 0.261. The van der Waals surface area contributed by atoms with Crippen molar-refractivity contribution in [1.29, 1.82) is 0 Å². The van der Waals surface area contributed by atoms with Gasteiger partial charge in [-0.3, -0.25) is 8.75 Å². The van der Waals surface area contributed by atoms with Crippen molar-refractivity contribution in [1.82, 2.24) is 0 Å². The Bertz CT molecular complexity index is 310. The second-order valence-corrected chi connectivity index (χ2v) is 7.53. The Morgan fingerprint density at radius 1 is 1.36 bits per heavy atom. The molecule has 2 atom stereocenters. The summed E-state index contributed by atoms with van der Waals surface area (Å²) in [6.07, 6.45) is 1.19. The van der Waals surface area contributed by atoms with E-state index in [9.17, 15) is 13.0 Å². The van der Waals surface area contributed by atoms with Crippen molar-refractivity contribution in [2.45, 2.75) is 26.6 Å². The third kappa shape index (κ3) is 4.55. The summed E-state index contributed by atoms with van der Waals surface area (Å²) in [5.74, 6) is -0.914. The topological polar surface area (TPSA) is 69.7 Å². The Morgan fingerprint density at radius 2 is 1.86 bits per heavy atom. The van der Waals surface area contributed by atoms with E-state index in [0.717, 1.165) is 6.26 Å². The highest BCUT2D eigenvalue weighted by Gasteiger charge is 2.31. The summed E-state index contributed by atoms with van der Waals surface area (Å²) in [4.78, 5) is 0. The molecule has 0 aliphatic rings. The van der Waals surface area contributed by atoms with Gasteiger partial charge in [0.25, 0.3) is 10.1 Å². The highest BCUT2D eigenvalue weighted by atomic mass is 32.2. The fourth-order valence-corrected chi connectivity index (χ4v) is 3.83. The van der Waals surface area contributed by atoms with E-state index < -0.39 is 23.3 Å². The molecule has 5 nitrogen and oxygen atoms in total. The third-order valence-corrected chi connectivity index (χ3v) is 5.23. The van der Waals surface area contributed by atoms with Crippen LogP contribution in [0.3, 0.4) is 0 Å². The lowest BCUT2D eigenvalue weighted by atomic mass is 10.9. The Balaban J connectivity index is 4.63. The van der Waals surface area contributed by atoms with Crippen LogP contribution in [-0.2, 0) is 23.4 Å². The summed E-state index contributed by atoms with van der Waals surface area (Å²) in [6.45, 7) is 5.11. The fraction of sp³-hybridized carbons (Fsp3) is 1.00. The standard InChI is InChI=1S/C7H17O5PS/c1-5-11-13(8,6-2)7(3)12-14(4,9)10/h7H,5-6H2,1-4H3. The van der Waals surface area contributed by atoms with E-state index in [4.69, 9.17) is 4.52 Å². The first-order valence-electron chi connectivity index (χ1n) is 4.36. The van der Waals surface area contributed by atoms with Gasteiger partial charge >= 0.3 is 0 Å². The second kappa shape index (κ2) is 5.26. The molecule has 86 valence electrons. The lowest BCUT2D eigenvalue weighted by Gasteiger charge is -2.21. The zero-order chi connectivity index (χ0) is 11.4. The molecule has 0 radical (unpaired) electrons. The van der Waals surface area contributed by atoms with Crippen LogP contribution in [0.2, 0.25) is 0 Å². The lowest BCUT2D eigenvalue weighted by Crippen LogP contribution is -2.17. The van der Waals surface area contributed by atoms with Crippen LogP contribution >= 0.6 is 7.37 Å². The van der Waals surface area contributed by atoms with Crippen molar-refractivity contribution < 1.29 is 21.7 Å². The summed E-state index contributed by atoms with van der Waals surface area (Å²) in [7, 11) is -6.58. The van der Waals surface area contributed by atoms with Crippen molar-refractivity contribution in [2.75, 3.05) is 19.0 Å². The molecule has 0 aliphatic carbocycles. The van der Waals surface area contributed by atoms with Crippen LogP contribution < -0.4 is 0 Å². The minimum atomic E-state index is -3.59. The van der Waals surface area contributed by atoms with Gasteiger partial charge in [0.2, 0.25) is 7.37 Å². The molecular formula is C7H17O5PS. The molecule has 0 N–H and O–H groups in total. The normalized spacial score (nSPS) is 18.9. The van der Waals surface area contributed by atoms with Gasteiger partial charge in [0.1, 0.15) is 0 Å². The molecule has 0 aliphatic heterocycles. The van der Waals surface area contributed by atoms with E-state index >= 15 is 0 Å². The lowest BCUT2D eigenvalue weighted by molar-refractivity contribution is 0.248. The third-order valence-electron chi connectivity index (χ3n) is 1.66. The maximum Gasteiger partial charge on any atom is 0.265 e. The number of hydrogen-bond acceptors (Lipinski definition) is 5. The molecule has 0 bridgehead atoms. The SMILES string of the molecule is CCOP(=O)(CC)C(C)OS(C)(=O)=O. The van der Waals surface area contributed by atoms with Crippen LogP contribution in [0.1, 0.15) is 20.8 Å². The smallest absolute Gasteiger partial charge is 0.265 e. The van der Waals surface area contributed by atoms with E-state index in [1.54, 1.807) is 13.8 Å². The first-order chi connectivity index (χ1) is 6.25. The average Bonchev–Trinajstić information content (AvgIpc) is 2.01. The Morgan fingerprint density at radius 3 is 2.14 bits per heavy atom. The maximum atomic E-state index is 11.9. The summed E-state index contributed by atoms with van der Waals surface area (Å²) in [5.41, 5.74) is 0. The van der Waals surface area contributed by atoms with Gasteiger partial charge in [-0.2, -0.15) is 8.42 Å². The summed E-state index contributed by atoms with van der Waals surface area (Å²) in [5, 5.41) is 0. The molecule has 2 unspecified atom stereocenters. The van der Waals surface area contributed by atoms with Gasteiger partial charge in [-0.05, 0) is 13.8 Å². The Labute approximate surface area is 85.4 Å². The van der Waals surface area contributed by atoms with Crippen molar-refractivity contribution in [3.05, 3.63) is 0 Å². The van der Waals surface area contributed by atoms with E-state index in [2.05, 4.69) is 4.18 Å². The molecule has 0 aromatic heterocycles. The second-order valence-electron chi connectivity index (χ2n) is 2.86. The first-order valence-corrected chi connectivity index (χ1v) is 8.06. The number of rotatable bonds is 6. The van der Waals surface area contributed by atoms with Crippen molar-refractivity contribution in [2.24, 2.45) is 0 Å². The van der Waals surface area contributed by atoms with Crippen LogP contribution in [0.25, 0.3) is 0 Å². The molecule has 0 amide bonds. The molecule has 0 aromatic rings. The molecule has 0 saturated heterocycles. The van der Waals surface area contributed by atoms with Gasteiger partial charge in [0, 0.05) is 6.16 Å². The van der Waals surface area contributed by atoms with E-state index in [1.165, 1.54) is 6.92 Å². The van der Waals surface area contributed by atoms with Gasteiger partial charge in [-0.25, -0.2) is 0 Å². The van der Waals surface area contributed by atoms with Crippen molar-refractivity contribution in [3.8, 4) is 0 Å². The van der Waals surface area contributed by atoms with Crippen LogP contribution in [0.4, 0.5) is 0 Å². The predicted molar refractivity (Wildman–Crippen MR) is 55.2 cm³/mol. The van der Waals surface area contributed by atoms with Gasteiger partial charge in [-0.15, -0.1) is 0 Å². The molecule has 14 heavy (non-hydrogen) atoms. The first kappa shape index (κ1) is 14.1. The van der Waals surface area contributed by atoms with Crippen LogP contribution in [0, 0.1) is 0 Å². The Kier molecular flexibility index (Phi) is 5.30. The van der Waals surface area contributed by atoms with Crippen LogP contribution in [-0.4, -0.2) is 33.3 Å². The molecule has 0 saturated carbocycles. The predicted octanol–water partition coefficient (Wildman–Crippen LogP) is 1.64. The van der Waals surface area contributed by atoms with E-state index in [1.807, 2.05) is 0 Å². The summed E-state index contributed by atoms with van der Waals surface area (Å²) in [6, 6.07) is 0. The summed E-state index contributed by atoms with van der Waals surface area (Å²) < 4.78 is 43.2. The average molecular weight is 244 g/mol. The van der Waals surface area contributed by atoms with Gasteiger partial charge in [0.15, 0.2) is 5.85 Å².